The van der Waals surface area contributed by atoms with E-state index >= 15 is 4.39 Å². The molecule has 1 aliphatic rings. The van der Waals surface area contributed by atoms with E-state index < -0.39 is 5.54 Å². The van der Waals surface area contributed by atoms with Gasteiger partial charge in [-0.15, -0.1) is 10.2 Å². The second-order valence-corrected chi connectivity index (χ2v) is 9.66. The lowest BCUT2D eigenvalue weighted by Gasteiger charge is -2.32. The monoisotopic (exact) mass is 479 g/mol. The minimum atomic E-state index is -0.408. The van der Waals surface area contributed by atoms with Crippen LogP contribution in [-0.2, 0) is 12.0 Å². The Morgan fingerprint density at radius 3 is 2.67 bits per heavy atom. The standard InChI is InChI=1S/C28H26FN7/c1-18-30-15-17-35(18)28(3,4)14-13-20-8-5-11-23-21(20)9-7-16-34(23)26-25-22(29)10-6-12-24(25)36-19(2)32-33-27(36)31-26/h5-6,8,10-12,15,17H,7,9,16H2,1-4H3. The normalized spacial score (nSPS) is 13.6. The lowest BCUT2D eigenvalue weighted by molar-refractivity contribution is 0.462. The van der Waals surface area contributed by atoms with Crippen LogP contribution < -0.4 is 4.90 Å². The third-order valence-electron chi connectivity index (χ3n) is 6.91. The van der Waals surface area contributed by atoms with Crippen LogP contribution in [0.15, 0.2) is 48.8 Å². The summed E-state index contributed by atoms with van der Waals surface area (Å²) in [5, 5.41) is 8.88. The number of halogens is 1. The van der Waals surface area contributed by atoms with E-state index in [-0.39, 0.29) is 5.82 Å². The molecule has 7 nitrogen and oxygen atoms in total. The topological polar surface area (TPSA) is 64.1 Å². The maximum absolute atomic E-state index is 15.3. The molecule has 0 spiro atoms. The van der Waals surface area contributed by atoms with Gasteiger partial charge in [0.25, 0.3) is 5.78 Å². The molecule has 0 amide bonds. The Hall–Kier alpha value is -4.25. The summed E-state index contributed by atoms with van der Waals surface area (Å²) in [4.78, 5) is 11.2. The Morgan fingerprint density at radius 2 is 1.86 bits per heavy atom. The highest BCUT2D eigenvalue weighted by atomic mass is 19.1. The molecule has 0 saturated heterocycles. The third-order valence-corrected chi connectivity index (χ3v) is 6.91. The van der Waals surface area contributed by atoms with Crippen molar-refractivity contribution < 1.29 is 4.39 Å². The summed E-state index contributed by atoms with van der Waals surface area (Å²) in [5.74, 6) is 9.18. The van der Waals surface area contributed by atoms with Crippen LogP contribution in [0.25, 0.3) is 16.7 Å². The van der Waals surface area contributed by atoms with E-state index in [9.17, 15) is 0 Å². The fraction of sp³-hybridized carbons (Fsp3) is 0.286. The number of aromatic nitrogens is 6. The van der Waals surface area contributed by atoms with E-state index in [0.717, 1.165) is 42.0 Å². The molecule has 5 aromatic rings. The Labute approximate surface area is 208 Å². The van der Waals surface area contributed by atoms with Crippen LogP contribution in [0.5, 0.6) is 0 Å². The van der Waals surface area contributed by atoms with Crippen molar-refractivity contribution in [1.29, 1.82) is 0 Å². The molecular weight excluding hydrogens is 453 g/mol. The Balaban J connectivity index is 1.50. The summed E-state index contributed by atoms with van der Waals surface area (Å²) in [6.07, 6.45) is 5.56. The van der Waals surface area contributed by atoms with E-state index in [0.29, 0.717) is 28.3 Å². The predicted molar refractivity (Wildman–Crippen MR) is 138 cm³/mol. The van der Waals surface area contributed by atoms with Crippen molar-refractivity contribution in [3.8, 4) is 11.8 Å². The summed E-state index contributed by atoms with van der Waals surface area (Å²) < 4.78 is 19.2. The van der Waals surface area contributed by atoms with Crippen molar-refractivity contribution in [1.82, 2.24) is 29.1 Å². The molecule has 0 N–H and O–H groups in total. The summed E-state index contributed by atoms with van der Waals surface area (Å²) >= 11 is 0. The van der Waals surface area contributed by atoms with Crippen LogP contribution in [0.3, 0.4) is 0 Å². The second kappa shape index (κ2) is 8.16. The van der Waals surface area contributed by atoms with E-state index in [2.05, 4.69) is 62.5 Å². The van der Waals surface area contributed by atoms with Gasteiger partial charge < -0.3 is 9.47 Å². The zero-order valence-corrected chi connectivity index (χ0v) is 20.7. The van der Waals surface area contributed by atoms with Crippen molar-refractivity contribution in [3.05, 3.63) is 77.4 Å². The van der Waals surface area contributed by atoms with Gasteiger partial charge in [0.05, 0.1) is 10.9 Å². The molecule has 0 saturated carbocycles. The van der Waals surface area contributed by atoms with E-state index in [4.69, 9.17) is 4.98 Å². The van der Waals surface area contributed by atoms with Crippen molar-refractivity contribution >= 4 is 28.2 Å². The number of rotatable bonds is 2. The first-order valence-electron chi connectivity index (χ1n) is 12.1. The van der Waals surface area contributed by atoms with Crippen molar-refractivity contribution in [3.63, 3.8) is 0 Å². The zero-order valence-electron chi connectivity index (χ0n) is 20.7. The number of hydrogen-bond donors (Lipinski definition) is 0. The van der Waals surface area contributed by atoms with E-state index in [1.165, 1.54) is 6.07 Å². The minimum Gasteiger partial charge on any atom is -0.325 e. The van der Waals surface area contributed by atoms with E-state index in [1.54, 1.807) is 16.7 Å². The second-order valence-electron chi connectivity index (χ2n) is 9.66. The molecule has 0 radical (unpaired) electrons. The van der Waals surface area contributed by atoms with Gasteiger partial charge in [0.15, 0.2) is 0 Å². The molecule has 0 fully saturated rings. The third kappa shape index (κ3) is 3.42. The smallest absolute Gasteiger partial charge is 0.257 e. The van der Waals surface area contributed by atoms with Gasteiger partial charge in [-0.1, -0.05) is 24.0 Å². The van der Waals surface area contributed by atoms with E-state index in [1.807, 2.05) is 32.2 Å². The van der Waals surface area contributed by atoms with Crippen LogP contribution in [0.1, 0.15) is 43.0 Å². The van der Waals surface area contributed by atoms with Gasteiger partial charge in [0.2, 0.25) is 0 Å². The number of anilines is 2. The summed E-state index contributed by atoms with van der Waals surface area (Å²) in [5.41, 5.74) is 3.43. The van der Waals surface area contributed by atoms with Gasteiger partial charge in [-0.25, -0.2) is 9.37 Å². The predicted octanol–water partition coefficient (Wildman–Crippen LogP) is 5.10. The number of fused-ring (bicyclic) bond motifs is 4. The zero-order chi connectivity index (χ0) is 25.0. The highest BCUT2D eigenvalue weighted by Gasteiger charge is 2.26. The Morgan fingerprint density at radius 1 is 1.03 bits per heavy atom. The first-order valence-corrected chi connectivity index (χ1v) is 12.1. The SMILES string of the molecule is Cc1nccn1C(C)(C)C#Cc1cccc2c1CCCN2c1nc2nnc(C)n2c2cccc(F)c12. The molecule has 180 valence electrons. The van der Waals surface area contributed by atoms with Crippen molar-refractivity contribution in [2.45, 2.75) is 46.1 Å². The van der Waals surface area contributed by atoms with Gasteiger partial charge in [0, 0.05) is 30.2 Å². The fourth-order valence-corrected chi connectivity index (χ4v) is 5.18. The summed E-state index contributed by atoms with van der Waals surface area (Å²) in [7, 11) is 0. The minimum absolute atomic E-state index is 0.314. The van der Waals surface area contributed by atoms with Gasteiger partial charge >= 0.3 is 0 Å². The van der Waals surface area contributed by atoms with Gasteiger partial charge in [-0.05, 0) is 70.4 Å². The molecular formula is C28H26FN7. The van der Waals surface area contributed by atoms with Gasteiger partial charge in [-0.2, -0.15) is 4.98 Å². The lowest BCUT2D eigenvalue weighted by atomic mass is 9.95. The summed E-state index contributed by atoms with van der Waals surface area (Å²) in [6.45, 7) is 8.73. The lowest BCUT2D eigenvalue weighted by Crippen LogP contribution is -2.27. The number of benzene rings is 2. The van der Waals surface area contributed by atoms with Gasteiger partial charge in [0.1, 0.15) is 28.8 Å². The molecule has 8 heteroatoms. The van der Waals surface area contributed by atoms with Crippen molar-refractivity contribution in [2.24, 2.45) is 0 Å². The molecule has 2 aromatic carbocycles. The molecule has 0 atom stereocenters. The Kier molecular flexibility index (Phi) is 5.04. The number of hydrogen-bond acceptors (Lipinski definition) is 5. The average Bonchev–Trinajstić information content (AvgIpc) is 3.48. The highest BCUT2D eigenvalue weighted by Crippen LogP contribution is 2.38. The molecule has 36 heavy (non-hydrogen) atoms. The largest absolute Gasteiger partial charge is 0.325 e. The number of aryl methyl sites for hydroxylation is 2. The van der Waals surface area contributed by atoms with Crippen LogP contribution in [0, 0.1) is 31.5 Å². The van der Waals surface area contributed by atoms with Crippen LogP contribution in [0.4, 0.5) is 15.9 Å². The van der Waals surface area contributed by atoms with Crippen LogP contribution in [-0.4, -0.2) is 35.7 Å². The van der Waals surface area contributed by atoms with Crippen LogP contribution in [0.2, 0.25) is 0 Å². The molecule has 1 aliphatic heterocycles. The molecule has 0 unspecified atom stereocenters. The molecule has 0 bridgehead atoms. The highest BCUT2D eigenvalue weighted by molar-refractivity contribution is 5.94. The first kappa shape index (κ1) is 22.2. The molecule has 3 aromatic heterocycles. The first-order chi connectivity index (χ1) is 17.3. The van der Waals surface area contributed by atoms with Crippen LogP contribution >= 0.6 is 0 Å². The molecule has 4 heterocycles. The average molecular weight is 480 g/mol. The van der Waals surface area contributed by atoms with Crippen molar-refractivity contribution in [2.75, 3.05) is 11.4 Å². The maximum Gasteiger partial charge on any atom is 0.257 e. The quantitative estimate of drug-likeness (QED) is 0.330. The molecule has 0 aliphatic carbocycles. The maximum atomic E-state index is 15.3. The van der Waals surface area contributed by atoms with Gasteiger partial charge in [-0.3, -0.25) is 4.40 Å². The number of imidazole rings is 1. The number of nitrogens with zero attached hydrogens (tertiary/aromatic N) is 7. The fourth-order valence-electron chi connectivity index (χ4n) is 5.18. The summed E-state index contributed by atoms with van der Waals surface area (Å²) in [6, 6.07) is 11.2. The molecule has 6 rings (SSSR count). The Bertz CT molecular complexity index is 1700.